The van der Waals surface area contributed by atoms with Crippen LogP contribution in [0.4, 0.5) is 13.2 Å². The Morgan fingerprint density at radius 3 is 2.53 bits per heavy atom. The van der Waals surface area contributed by atoms with Crippen LogP contribution in [0.1, 0.15) is 29.2 Å². The molecule has 2 heterocycles. The van der Waals surface area contributed by atoms with Gasteiger partial charge in [-0.05, 0) is 55.2 Å². The molecule has 0 aliphatic carbocycles. The molecule has 2 aliphatic heterocycles. The fourth-order valence-electron chi connectivity index (χ4n) is 4.31. The van der Waals surface area contributed by atoms with E-state index in [1.165, 1.54) is 12.1 Å². The molecule has 0 spiro atoms. The lowest BCUT2D eigenvalue weighted by atomic mass is 9.83. The minimum atomic E-state index is -3.15. The lowest BCUT2D eigenvalue weighted by Gasteiger charge is -2.46. The van der Waals surface area contributed by atoms with Crippen LogP contribution in [0, 0.1) is 12.7 Å². The zero-order valence-electron chi connectivity index (χ0n) is 17.6. The number of fused-ring (bicyclic) bond motifs is 2. The van der Waals surface area contributed by atoms with E-state index in [0.29, 0.717) is 18.6 Å². The topological polar surface area (TPSA) is 88.4 Å². The van der Waals surface area contributed by atoms with Crippen LogP contribution >= 0.6 is 0 Å². The summed E-state index contributed by atoms with van der Waals surface area (Å²) in [6.45, 7) is 3.22. The summed E-state index contributed by atoms with van der Waals surface area (Å²) in [5, 5.41) is 31.1. The van der Waals surface area contributed by atoms with Gasteiger partial charge in [0, 0.05) is 5.56 Å². The number of hydrogen-bond acceptors (Lipinski definition) is 6. The second-order valence-electron chi connectivity index (χ2n) is 8.21. The average Bonchev–Trinajstić information content (AvgIpc) is 3.16. The molecule has 0 saturated carbocycles. The maximum absolute atomic E-state index is 14.3. The van der Waals surface area contributed by atoms with Gasteiger partial charge in [-0.2, -0.15) is 0 Å². The van der Waals surface area contributed by atoms with E-state index in [-0.39, 0.29) is 11.3 Å². The molecule has 2 saturated heterocycles. The lowest BCUT2D eigenvalue weighted by molar-refractivity contribution is -0.341. The van der Waals surface area contributed by atoms with E-state index in [4.69, 9.17) is 14.2 Å². The summed E-state index contributed by atoms with van der Waals surface area (Å²) >= 11 is 0. The number of ether oxygens (including phenoxy) is 3. The predicted octanol–water partition coefficient (Wildman–Crippen LogP) is 2.42. The van der Waals surface area contributed by atoms with Gasteiger partial charge in [0.05, 0.1) is 13.2 Å². The molecule has 174 valence electrons. The fourth-order valence-corrected chi connectivity index (χ4v) is 4.31. The summed E-state index contributed by atoms with van der Waals surface area (Å²) in [6.07, 6.45) is -8.57. The van der Waals surface area contributed by atoms with E-state index in [2.05, 4.69) is 0 Å². The zero-order valence-corrected chi connectivity index (χ0v) is 17.6. The van der Waals surface area contributed by atoms with Crippen LogP contribution < -0.4 is 4.74 Å². The van der Waals surface area contributed by atoms with Crippen LogP contribution in [-0.4, -0.2) is 58.9 Å². The van der Waals surface area contributed by atoms with Crippen molar-refractivity contribution >= 4 is 0 Å². The van der Waals surface area contributed by atoms with E-state index >= 15 is 0 Å². The van der Waals surface area contributed by atoms with Crippen LogP contribution in [0.2, 0.25) is 0 Å². The Morgan fingerprint density at radius 1 is 1.12 bits per heavy atom. The van der Waals surface area contributed by atoms with Crippen LogP contribution in [-0.2, 0) is 21.7 Å². The quantitative estimate of drug-likeness (QED) is 0.622. The molecule has 0 unspecified atom stereocenters. The van der Waals surface area contributed by atoms with Gasteiger partial charge in [0.25, 0.3) is 6.43 Å². The summed E-state index contributed by atoms with van der Waals surface area (Å²) in [5.74, 6) is -2.42. The molecule has 2 aliphatic rings. The third-order valence-electron chi connectivity index (χ3n) is 6.20. The second kappa shape index (κ2) is 8.31. The maximum atomic E-state index is 14.3. The summed E-state index contributed by atoms with van der Waals surface area (Å²) in [7, 11) is 0. The molecule has 9 heteroatoms. The highest BCUT2D eigenvalue weighted by molar-refractivity contribution is 5.40. The predicted molar refractivity (Wildman–Crippen MR) is 107 cm³/mol. The normalized spacial score (nSPS) is 31.8. The largest absolute Gasteiger partial charge is 0.491 e. The number of alkyl halides is 2. The molecule has 5 atom stereocenters. The fraction of sp³-hybridized carbons (Fsp3) is 0.478. The van der Waals surface area contributed by atoms with Gasteiger partial charge in [0.1, 0.15) is 18.3 Å². The first kappa shape index (κ1) is 23.0. The van der Waals surface area contributed by atoms with Gasteiger partial charge in [0.15, 0.2) is 17.2 Å². The first-order valence-electron chi connectivity index (χ1n) is 10.3. The molecule has 2 bridgehead atoms. The third kappa shape index (κ3) is 3.48. The Kier molecular flexibility index (Phi) is 5.98. The molecule has 4 rings (SSSR count). The Bertz CT molecular complexity index is 1000. The minimum absolute atomic E-state index is 0.148. The number of benzene rings is 2. The zero-order chi connectivity index (χ0) is 23.3. The van der Waals surface area contributed by atoms with E-state index in [1.807, 2.05) is 6.92 Å². The van der Waals surface area contributed by atoms with Crippen molar-refractivity contribution in [3.63, 3.8) is 0 Å². The summed E-state index contributed by atoms with van der Waals surface area (Å²) in [4.78, 5) is 0. The van der Waals surface area contributed by atoms with Gasteiger partial charge in [-0.15, -0.1) is 0 Å². The van der Waals surface area contributed by atoms with Crippen LogP contribution in [0.5, 0.6) is 5.75 Å². The molecule has 2 aromatic rings. The monoisotopic (exact) mass is 454 g/mol. The molecule has 2 fully saturated rings. The average molecular weight is 454 g/mol. The molecule has 0 radical (unpaired) electrons. The Morgan fingerprint density at radius 2 is 1.88 bits per heavy atom. The molecule has 3 N–H and O–H groups in total. The first-order valence-corrected chi connectivity index (χ1v) is 10.3. The van der Waals surface area contributed by atoms with Gasteiger partial charge >= 0.3 is 0 Å². The summed E-state index contributed by atoms with van der Waals surface area (Å²) in [5.41, 5.74) is -0.0375. The number of aryl methyl sites for hydroxylation is 1. The molecule has 6 nitrogen and oxygen atoms in total. The van der Waals surface area contributed by atoms with Gasteiger partial charge in [-0.25, -0.2) is 13.2 Å². The summed E-state index contributed by atoms with van der Waals surface area (Å²) < 4.78 is 58.1. The van der Waals surface area contributed by atoms with E-state index in [1.54, 1.807) is 31.2 Å². The second-order valence-corrected chi connectivity index (χ2v) is 8.21. The number of halogens is 3. The van der Waals surface area contributed by atoms with Crippen molar-refractivity contribution in [3.05, 3.63) is 64.5 Å². The molecule has 0 amide bonds. The maximum Gasteiger partial charge on any atom is 0.272 e. The van der Waals surface area contributed by atoms with E-state index < -0.39 is 48.5 Å². The standard InChI is InChI=1S/C23H25F3O6/c1-3-30-17-7-5-13(9-16(17)24)8-14-10-15(6-4-12(14)2)23-20(29)18(27)19(28)22(32-23,11-31-23)21(25)26/h4-7,9-10,18-21,27-29H,3,8,11H2,1-2H3/t18-,19-,20+,22-,23-/m0/s1. The number of aliphatic hydroxyl groups is 3. The van der Waals surface area contributed by atoms with Crippen molar-refractivity contribution in [2.45, 2.75) is 56.4 Å². The highest BCUT2D eigenvalue weighted by Crippen LogP contribution is 2.51. The van der Waals surface area contributed by atoms with Crippen LogP contribution in [0.3, 0.4) is 0 Å². The molecule has 2 aromatic carbocycles. The highest BCUT2D eigenvalue weighted by atomic mass is 19.3. The molecule has 0 aromatic heterocycles. The van der Waals surface area contributed by atoms with Gasteiger partial charge < -0.3 is 29.5 Å². The van der Waals surface area contributed by atoms with Crippen molar-refractivity contribution < 1.29 is 42.7 Å². The van der Waals surface area contributed by atoms with Crippen LogP contribution in [0.25, 0.3) is 0 Å². The Labute approximate surface area is 183 Å². The molecular weight excluding hydrogens is 429 g/mol. The Hall–Kier alpha value is -2.17. The van der Waals surface area contributed by atoms with E-state index in [0.717, 1.165) is 11.1 Å². The number of aliphatic hydroxyl groups excluding tert-OH is 3. The van der Waals surface area contributed by atoms with E-state index in [9.17, 15) is 28.5 Å². The first-order chi connectivity index (χ1) is 15.1. The van der Waals surface area contributed by atoms with Crippen molar-refractivity contribution in [1.29, 1.82) is 0 Å². The van der Waals surface area contributed by atoms with Gasteiger partial charge in [0.2, 0.25) is 5.79 Å². The number of hydrogen-bond donors (Lipinski definition) is 3. The van der Waals surface area contributed by atoms with Crippen molar-refractivity contribution in [2.24, 2.45) is 0 Å². The SMILES string of the molecule is CCOc1ccc(Cc2cc([C@]34OC[C@](C(F)F)(O3)[C@@H](O)[C@H](O)[C@H]4O)ccc2C)cc1F. The van der Waals surface area contributed by atoms with Crippen molar-refractivity contribution in [3.8, 4) is 5.75 Å². The van der Waals surface area contributed by atoms with Gasteiger partial charge in [-0.1, -0.05) is 18.2 Å². The third-order valence-corrected chi connectivity index (χ3v) is 6.20. The Balaban J connectivity index is 1.69. The minimum Gasteiger partial charge on any atom is -0.491 e. The van der Waals surface area contributed by atoms with Gasteiger partial charge in [-0.3, -0.25) is 0 Å². The van der Waals surface area contributed by atoms with Crippen molar-refractivity contribution in [2.75, 3.05) is 13.2 Å². The van der Waals surface area contributed by atoms with Crippen molar-refractivity contribution in [1.82, 2.24) is 0 Å². The molecule has 32 heavy (non-hydrogen) atoms. The highest BCUT2D eigenvalue weighted by Gasteiger charge is 2.70. The smallest absolute Gasteiger partial charge is 0.272 e. The number of rotatable bonds is 6. The summed E-state index contributed by atoms with van der Waals surface area (Å²) in [6, 6.07) is 9.47. The lowest BCUT2D eigenvalue weighted by Crippen LogP contribution is -2.66. The molecular formula is C23H25F3O6. The van der Waals surface area contributed by atoms with Crippen LogP contribution in [0.15, 0.2) is 36.4 Å².